The quantitative estimate of drug-likeness (QED) is 0.173. The summed E-state index contributed by atoms with van der Waals surface area (Å²) in [5.41, 5.74) is 3.65. The molecule has 1 spiro atoms. The fraction of sp³-hybridized carbons (Fsp3) is 0.390. The highest BCUT2D eigenvalue weighted by Gasteiger charge is 2.38. The SMILES string of the molecule is COc1ccc2cc1OCc1ccc3c(c(O)ccc3c1)CC#COC1(CCC(CCCCc3ccccc3)CC1)CC(=O)CC2. The summed E-state index contributed by atoms with van der Waals surface area (Å²) < 4.78 is 18.2. The monoisotopic (exact) mass is 616 g/mol. The molecule has 5 heteroatoms. The number of unbranched alkanes of at least 4 members (excludes halogenated alkanes) is 1. The van der Waals surface area contributed by atoms with Gasteiger partial charge in [-0.1, -0.05) is 73.4 Å². The fourth-order valence-electron chi connectivity index (χ4n) is 7.07. The van der Waals surface area contributed by atoms with Crippen molar-refractivity contribution in [3.8, 4) is 29.3 Å². The number of fused-ring (bicyclic) bond motifs is 7. The first-order valence-electron chi connectivity index (χ1n) is 16.7. The van der Waals surface area contributed by atoms with Gasteiger partial charge in [-0.15, -0.1) is 0 Å². The van der Waals surface area contributed by atoms with Gasteiger partial charge in [0.15, 0.2) is 11.5 Å². The number of Topliss-reactive ketones (excluding diaryl/α,β-unsaturated/α-hetero) is 1. The second-order valence-corrected chi connectivity index (χ2v) is 13.0. The molecule has 0 aromatic heterocycles. The highest BCUT2D eigenvalue weighted by Crippen LogP contribution is 2.40. The molecule has 0 saturated heterocycles. The first-order valence-corrected chi connectivity index (χ1v) is 16.7. The van der Waals surface area contributed by atoms with Crippen LogP contribution in [0.4, 0.5) is 0 Å². The number of phenols is 1. The van der Waals surface area contributed by atoms with Crippen LogP contribution in [-0.2, 0) is 35.4 Å². The molecule has 1 fully saturated rings. The van der Waals surface area contributed by atoms with Crippen LogP contribution in [0, 0.1) is 17.9 Å². The minimum absolute atomic E-state index is 0.194. The third kappa shape index (κ3) is 7.85. The standard InChI is InChI=1S/C41H44O5/c1-44-39-20-15-32-13-17-35(42)28-41(23-21-31(22-24-41)11-6-5-10-30-8-3-2-4-9-30)46-25-7-12-37-36-18-14-33(29-45-40(39)27-32)26-34(36)16-19-38(37)43/h2-4,8-9,14-16,18-20,26-27,31,43H,5-6,10-13,17,21-24,28-29H2,1H3. The van der Waals surface area contributed by atoms with Crippen LogP contribution in [0.1, 0.15) is 80.0 Å². The molecule has 0 amide bonds. The van der Waals surface area contributed by atoms with E-state index in [4.69, 9.17) is 14.2 Å². The van der Waals surface area contributed by atoms with Crippen LogP contribution in [-0.4, -0.2) is 23.6 Å². The van der Waals surface area contributed by atoms with Gasteiger partial charge in [0.1, 0.15) is 29.8 Å². The number of ether oxygens (including phenoxy) is 3. The van der Waals surface area contributed by atoms with E-state index >= 15 is 0 Å². The minimum atomic E-state index is -0.572. The molecule has 6 bridgehead atoms. The number of aryl methyl sites for hydroxylation is 2. The summed E-state index contributed by atoms with van der Waals surface area (Å²) in [7, 11) is 1.64. The van der Waals surface area contributed by atoms with E-state index in [-0.39, 0.29) is 11.5 Å². The maximum atomic E-state index is 13.5. The van der Waals surface area contributed by atoms with E-state index in [2.05, 4.69) is 48.4 Å². The minimum Gasteiger partial charge on any atom is -0.508 e. The van der Waals surface area contributed by atoms with E-state index in [1.165, 1.54) is 24.8 Å². The largest absolute Gasteiger partial charge is 0.508 e. The number of hydrogen-bond donors (Lipinski definition) is 1. The zero-order chi connectivity index (χ0) is 31.8. The summed E-state index contributed by atoms with van der Waals surface area (Å²) in [6.45, 7) is 0.370. The van der Waals surface area contributed by atoms with Crippen molar-refractivity contribution in [2.45, 2.75) is 89.3 Å². The van der Waals surface area contributed by atoms with Gasteiger partial charge in [0.05, 0.1) is 7.11 Å². The molecule has 7 rings (SSSR count). The molecule has 2 aliphatic heterocycles. The predicted molar refractivity (Wildman–Crippen MR) is 182 cm³/mol. The van der Waals surface area contributed by atoms with E-state index in [1.807, 2.05) is 36.4 Å². The number of aromatic hydroxyl groups is 1. The van der Waals surface area contributed by atoms with Crippen molar-refractivity contribution in [2.75, 3.05) is 7.11 Å². The van der Waals surface area contributed by atoms with Crippen LogP contribution in [0.3, 0.4) is 0 Å². The van der Waals surface area contributed by atoms with Gasteiger partial charge in [0.25, 0.3) is 0 Å². The molecule has 0 atom stereocenters. The summed E-state index contributed by atoms with van der Waals surface area (Å²) in [6, 6.07) is 26.4. The Balaban J connectivity index is 1.19. The number of benzene rings is 4. The van der Waals surface area contributed by atoms with Crippen LogP contribution < -0.4 is 9.47 Å². The normalized spacial score (nSPS) is 20.2. The van der Waals surface area contributed by atoms with Crippen molar-refractivity contribution < 1.29 is 24.1 Å². The van der Waals surface area contributed by atoms with Gasteiger partial charge in [-0.2, -0.15) is 0 Å². The Morgan fingerprint density at radius 3 is 2.59 bits per heavy atom. The number of phenolic OH excluding ortho intramolecular Hbond substituents is 1. The summed E-state index contributed by atoms with van der Waals surface area (Å²) in [5.74, 6) is 5.56. The Kier molecular flexibility index (Phi) is 10.1. The molecule has 0 radical (unpaired) electrons. The van der Waals surface area contributed by atoms with Gasteiger partial charge < -0.3 is 19.3 Å². The maximum Gasteiger partial charge on any atom is 0.161 e. The lowest BCUT2D eigenvalue weighted by Gasteiger charge is -2.38. The van der Waals surface area contributed by atoms with Gasteiger partial charge in [-0.25, -0.2) is 0 Å². The van der Waals surface area contributed by atoms with Gasteiger partial charge in [0.2, 0.25) is 0 Å². The molecule has 1 N–H and O–H groups in total. The lowest BCUT2D eigenvalue weighted by molar-refractivity contribution is -0.125. The van der Waals surface area contributed by atoms with Crippen LogP contribution in [0.5, 0.6) is 17.2 Å². The molecular weight excluding hydrogens is 572 g/mol. The van der Waals surface area contributed by atoms with Crippen molar-refractivity contribution in [3.63, 3.8) is 0 Å². The topological polar surface area (TPSA) is 65.0 Å². The maximum absolute atomic E-state index is 13.5. The molecule has 46 heavy (non-hydrogen) atoms. The molecule has 1 aliphatic carbocycles. The summed E-state index contributed by atoms with van der Waals surface area (Å²) >= 11 is 0. The Bertz CT molecular complexity index is 1710. The molecule has 5 nitrogen and oxygen atoms in total. The van der Waals surface area contributed by atoms with E-state index < -0.39 is 5.60 Å². The summed E-state index contributed by atoms with van der Waals surface area (Å²) in [5, 5.41) is 12.7. The second kappa shape index (κ2) is 14.8. The molecule has 0 unspecified atom stereocenters. The molecule has 3 aliphatic rings. The number of carbonyl (C=O) groups excluding carboxylic acids is 1. The number of ketones is 1. The summed E-state index contributed by atoms with van der Waals surface area (Å²) in [4.78, 5) is 13.5. The van der Waals surface area contributed by atoms with E-state index in [0.717, 1.165) is 59.6 Å². The molecule has 1 saturated carbocycles. The Hall–Kier alpha value is -4.43. The zero-order valence-corrected chi connectivity index (χ0v) is 26.9. The van der Waals surface area contributed by atoms with Crippen molar-refractivity contribution in [2.24, 2.45) is 5.92 Å². The van der Waals surface area contributed by atoms with Gasteiger partial charge in [-0.3, -0.25) is 4.79 Å². The van der Waals surface area contributed by atoms with Crippen LogP contribution in [0.15, 0.2) is 78.9 Å². The van der Waals surface area contributed by atoms with Gasteiger partial charge in [-0.05, 0) is 103 Å². The fourth-order valence-corrected chi connectivity index (χ4v) is 7.07. The highest BCUT2D eigenvalue weighted by molar-refractivity contribution is 5.88. The molecule has 238 valence electrons. The Morgan fingerprint density at radius 1 is 0.935 bits per heavy atom. The molecule has 2 heterocycles. The van der Waals surface area contributed by atoms with Crippen molar-refractivity contribution in [1.29, 1.82) is 0 Å². The number of hydrogen-bond acceptors (Lipinski definition) is 5. The van der Waals surface area contributed by atoms with Gasteiger partial charge in [0, 0.05) is 24.8 Å². The third-order valence-electron chi connectivity index (χ3n) is 9.80. The molecular formula is C41H44O5. The van der Waals surface area contributed by atoms with Crippen LogP contribution in [0.25, 0.3) is 10.8 Å². The zero-order valence-electron chi connectivity index (χ0n) is 26.9. The number of carbonyl (C=O) groups is 1. The molecule has 4 aromatic carbocycles. The highest BCUT2D eigenvalue weighted by atomic mass is 16.5. The molecule has 4 aromatic rings. The average molecular weight is 617 g/mol. The third-order valence-corrected chi connectivity index (χ3v) is 9.80. The lowest BCUT2D eigenvalue weighted by atomic mass is 9.74. The van der Waals surface area contributed by atoms with E-state index in [0.29, 0.717) is 49.7 Å². The average Bonchev–Trinajstić information content (AvgIpc) is 3.08. The lowest BCUT2D eigenvalue weighted by Crippen LogP contribution is -2.38. The van der Waals surface area contributed by atoms with E-state index in [1.54, 1.807) is 13.2 Å². The van der Waals surface area contributed by atoms with E-state index in [9.17, 15) is 9.90 Å². The van der Waals surface area contributed by atoms with Gasteiger partial charge >= 0.3 is 0 Å². The van der Waals surface area contributed by atoms with Crippen LogP contribution in [0.2, 0.25) is 0 Å². The summed E-state index contributed by atoms with van der Waals surface area (Å²) in [6.07, 6.45) is 13.3. The smallest absolute Gasteiger partial charge is 0.161 e. The Morgan fingerprint density at radius 2 is 1.76 bits per heavy atom. The van der Waals surface area contributed by atoms with Crippen molar-refractivity contribution in [1.82, 2.24) is 0 Å². The Labute approximate surface area is 272 Å². The number of methoxy groups -OCH3 is 1. The van der Waals surface area contributed by atoms with Crippen LogP contribution >= 0.6 is 0 Å². The van der Waals surface area contributed by atoms with Crippen molar-refractivity contribution >= 4 is 16.6 Å². The van der Waals surface area contributed by atoms with Crippen molar-refractivity contribution in [3.05, 3.63) is 101 Å². The number of rotatable bonds is 6. The second-order valence-electron chi connectivity index (χ2n) is 13.0. The first kappa shape index (κ1) is 31.5. The first-order chi connectivity index (χ1) is 22.5. The predicted octanol–water partition coefficient (Wildman–Crippen LogP) is 8.90.